The van der Waals surface area contributed by atoms with Crippen molar-refractivity contribution in [1.82, 2.24) is 10.2 Å². The first-order valence-electron chi connectivity index (χ1n) is 6.18. The number of likely N-dealkylation sites (N-methyl/N-ethyl adjacent to an activating group) is 1. The van der Waals surface area contributed by atoms with Gasteiger partial charge in [0.25, 0.3) is 0 Å². The highest BCUT2D eigenvalue weighted by atomic mass is 16.5. The van der Waals surface area contributed by atoms with Crippen LogP contribution >= 0.6 is 0 Å². The van der Waals surface area contributed by atoms with Crippen LogP contribution in [0.25, 0.3) is 0 Å². The fourth-order valence-corrected chi connectivity index (χ4v) is 1.74. The van der Waals surface area contributed by atoms with Crippen LogP contribution in [0.15, 0.2) is 0 Å². The summed E-state index contributed by atoms with van der Waals surface area (Å²) in [7, 11) is 1.81. The van der Waals surface area contributed by atoms with Gasteiger partial charge in [-0.05, 0) is 33.2 Å². The minimum absolute atomic E-state index is 0.0609. The van der Waals surface area contributed by atoms with Crippen LogP contribution in [-0.2, 0) is 9.53 Å². The van der Waals surface area contributed by atoms with E-state index in [-0.39, 0.29) is 18.6 Å². The van der Waals surface area contributed by atoms with E-state index in [1.807, 2.05) is 20.9 Å². The topological polar surface area (TPSA) is 41.6 Å². The van der Waals surface area contributed by atoms with E-state index in [9.17, 15) is 4.79 Å². The van der Waals surface area contributed by atoms with Crippen molar-refractivity contribution in [2.45, 2.75) is 45.2 Å². The first kappa shape index (κ1) is 13.5. The highest BCUT2D eigenvalue weighted by Crippen LogP contribution is 2.07. The van der Waals surface area contributed by atoms with Crippen molar-refractivity contribution in [1.29, 1.82) is 0 Å². The molecule has 94 valence electrons. The number of nitrogens with one attached hydrogen (secondary N) is 1. The number of amides is 1. The van der Waals surface area contributed by atoms with Crippen molar-refractivity contribution in [2.24, 2.45) is 0 Å². The van der Waals surface area contributed by atoms with Crippen molar-refractivity contribution >= 4 is 5.91 Å². The minimum Gasteiger partial charge on any atom is -0.370 e. The lowest BCUT2D eigenvalue weighted by Crippen LogP contribution is -2.40. The number of carbonyl (C=O) groups excluding carboxylic acids is 1. The summed E-state index contributed by atoms with van der Waals surface area (Å²) in [6.45, 7) is 5.93. The van der Waals surface area contributed by atoms with Gasteiger partial charge in [0, 0.05) is 19.1 Å². The van der Waals surface area contributed by atoms with Gasteiger partial charge in [-0.2, -0.15) is 0 Å². The van der Waals surface area contributed by atoms with Gasteiger partial charge in [-0.25, -0.2) is 0 Å². The summed E-state index contributed by atoms with van der Waals surface area (Å²) in [5.41, 5.74) is 0. The zero-order chi connectivity index (χ0) is 12.0. The Balaban J connectivity index is 2.12. The van der Waals surface area contributed by atoms with E-state index in [0.717, 1.165) is 13.0 Å². The molecule has 4 nitrogen and oxygen atoms in total. The zero-order valence-corrected chi connectivity index (χ0v) is 10.7. The van der Waals surface area contributed by atoms with Gasteiger partial charge in [0.1, 0.15) is 6.61 Å². The molecule has 0 aromatic heterocycles. The van der Waals surface area contributed by atoms with Crippen molar-refractivity contribution in [2.75, 3.05) is 26.8 Å². The normalized spacial score (nSPS) is 21.1. The van der Waals surface area contributed by atoms with Crippen molar-refractivity contribution < 1.29 is 9.53 Å². The molecule has 0 aromatic rings. The van der Waals surface area contributed by atoms with E-state index in [1.165, 1.54) is 12.8 Å². The molecule has 1 saturated heterocycles. The second-order valence-electron chi connectivity index (χ2n) is 4.76. The van der Waals surface area contributed by atoms with Crippen LogP contribution in [0.5, 0.6) is 0 Å². The van der Waals surface area contributed by atoms with Gasteiger partial charge < -0.3 is 15.0 Å². The lowest BCUT2D eigenvalue weighted by atomic mass is 10.1. The highest BCUT2D eigenvalue weighted by Gasteiger charge is 2.15. The van der Waals surface area contributed by atoms with E-state index in [2.05, 4.69) is 5.32 Å². The Labute approximate surface area is 98.3 Å². The fourth-order valence-electron chi connectivity index (χ4n) is 1.74. The largest absolute Gasteiger partial charge is 0.370 e. The Hall–Kier alpha value is -0.610. The summed E-state index contributed by atoms with van der Waals surface area (Å²) in [5.74, 6) is 0.0609. The molecule has 1 aliphatic heterocycles. The molecule has 1 fully saturated rings. The fraction of sp³-hybridized carbons (Fsp3) is 0.917. The smallest absolute Gasteiger partial charge is 0.248 e. The number of ether oxygens (including phenoxy) is 1. The van der Waals surface area contributed by atoms with Crippen LogP contribution in [0.3, 0.4) is 0 Å². The number of carbonyl (C=O) groups is 1. The maximum atomic E-state index is 11.6. The molecule has 0 aliphatic carbocycles. The average molecular weight is 228 g/mol. The summed E-state index contributed by atoms with van der Waals surface area (Å²) < 4.78 is 5.45. The van der Waals surface area contributed by atoms with Crippen molar-refractivity contribution in [3.63, 3.8) is 0 Å². The lowest BCUT2D eigenvalue weighted by Gasteiger charge is -2.24. The van der Waals surface area contributed by atoms with Crippen molar-refractivity contribution in [3.05, 3.63) is 0 Å². The molecule has 16 heavy (non-hydrogen) atoms. The Morgan fingerprint density at radius 3 is 2.81 bits per heavy atom. The monoisotopic (exact) mass is 228 g/mol. The Bertz CT molecular complexity index is 213. The van der Waals surface area contributed by atoms with E-state index < -0.39 is 0 Å². The maximum Gasteiger partial charge on any atom is 0.248 e. The Kier molecular flexibility index (Phi) is 5.77. The summed E-state index contributed by atoms with van der Waals surface area (Å²) in [6, 6.07) is 0.676. The van der Waals surface area contributed by atoms with Crippen LogP contribution in [-0.4, -0.2) is 49.7 Å². The van der Waals surface area contributed by atoms with Gasteiger partial charge in [0.15, 0.2) is 0 Å². The summed E-state index contributed by atoms with van der Waals surface area (Å²) in [5, 5.41) is 3.39. The van der Waals surface area contributed by atoms with Gasteiger partial charge in [0.05, 0.1) is 6.61 Å². The molecule has 4 heteroatoms. The third kappa shape index (κ3) is 4.49. The van der Waals surface area contributed by atoms with Gasteiger partial charge >= 0.3 is 0 Å². The first-order valence-corrected chi connectivity index (χ1v) is 6.18. The first-order chi connectivity index (χ1) is 7.61. The van der Waals surface area contributed by atoms with Crippen LogP contribution in [0.2, 0.25) is 0 Å². The molecule has 1 rings (SSSR count). The van der Waals surface area contributed by atoms with Gasteiger partial charge in [0.2, 0.25) is 5.91 Å². The number of piperidine rings is 1. The van der Waals surface area contributed by atoms with Crippen LogP contribution in [0, 0.1) is 0 Å². The Morgan fingerprint density at radius 2 is 2.25 bits per heavy atom. The molecule has 0 aromatic carbocycles. The highest BCUT2D eigenvalue weighted by molar-refractivity contribution is 5.77. The van der Waals surface area contributed by atoms with E-state index in [1.54, 1.807) is 4.90 Å². The third-order valence-corrected chi connectivity index (χ3v) is 3.12. The maximum absolute atomic E-state index is 11.6. The molecule has 0 spiro atoms. The molecule has 1 unspecified atom stereocenters. The molecule has 0 radical (unpaired) electrons. The molecular weight excluding hydrogens is 204 g/mol. The summed E-state index contributed by atoms with van der Waals surface area (Å²) in [6.07, 6.45) is 3.68. The van der Waals surface area contributed by atoms with Gasteiger partial charge in [-0.3, -0.25) is 4.79 Å². The van der Waals surface area contributed by atoms with Crippen molar-refractivity contribution in [3.8, 4) is 0 Å². The van der Waals surface area contributed by atoms with Crippen LogP contribution < -0.4 is 5.32 Å². The quantitative estimate of drug-likeness (QED) is 0.763. The number of nitrogens with zero attached hydrogens (tertiary/aromatic N) is 1. The van der Waals surface area contributed by atoms with Crippen LogP contribution in [0.1, 0.15) is 33.1 Å². The second kappa shape index (κ2) is 6.86. The predicted octanol–water partition coefficient (Wildman–Crippen LogP) is 1.01. The average Bonchev–Trinajstić information content (AvgIpc) is 2.29. The second-order valence-corrected chi connectivity index (χ2v) is 4.76. The minimum atomic E-state index is 0.0609. The molecule has 1 amide bonds. The lowest BCUT2D eigenvalue weighted by molar-refractivity contribution is -0.136. The number of hydrogen-bond acceptors (Lipinski definition) is 3. The molecule has 1 atom stereocenters. The number of hydrogen-bond donors (Lipinski definition) is 1. The number of rotatable bonds is 5. The van der Waals surface area contributed by atoms with Gasteiger partial charge in [-0.15, -0.1) is 0 Å². The summed E-state index contributed by atoms with van der Waals surface area (Å²) in [4.78, 5) is 13.3. The molecule has 0 saturated carbocycles. The molecule has 1 aliphatic rings. The van der Waals surface area contributed by atoms with Gasteiger partial charge in [-0.1, -0.05) is 6.42 Å². The molecular formula is C12H24N2O2. The predicted molar refractivity (Wildman–Crippen MR) is 64.4 cm³/mol. The zero-order valence-electron chi connectivity index (χ0n) is 10.7. The Morgan fingerprint density at radius 1 is 1.50 bits per heavy atom. The molecule has 0 bridgehead atoms. The van der Waals surface area contributed by atoms with E-state index >= 15 is 0 Å². The third-order valence-electron chi connectivity index (χ3n) is 3.12. The van der Waals surface area contributed by atoms with E-state index in [4.69, 9.17) is 4.74 Å². The van der Waals surface area contributed by atoms with E-state index in [0.29, 0.717) is 12.6 Å². The summed E-state index contributed by atoms with van der Waals surface area (Å²) >= 11 is 0. The molecule has 1 heterocycles. The molecule has 1 N–H and O–H groups in total. The van der Waals surface area contributed by atoms with Crippen LogP contribution in [0.4, 0.5) is 0 Å². The SMILES string of the molecule is CC(C)N(C)C(=O)COCC1CCCCN1. The standard InChI is InChI=1S/C12H24N2O2/c1-10(2)14(3)12(15)9-16-8-11-6-4-5-7-13-11/h10-11,13H,4-9H2,1-3H3.